The van der Waals surface area contributed by atoms with Gasteiger partial charge in [-0.15, -0.1) is 0 Å². The Bertz CT molecular complexity index is 631. The number of carbonyl (C=O) groups is 1. The smallest absolute Gasteiger partial charge is 0.220 e. The molecule has 0 heterocycles. The van der Waals surface area contributed by atoms with Gasteiger partial charge in [0.15, 0.2) is 0 Å². The Morgan fingerprint density at radius 3 is 2.52 bits per heavy atom. The molecule has 0 bridgehead atoms. The fourth-order valence-corrected chi connectivity index (χ4v) is 2.90. The number of aryl methyl sites for hydroxylation is 1. The van der Waals surface area contributed by atoms with Crippen LogP contribution in [0.3, 0.4) is 0 Å². The Kier molecular flexibility index (Phi) is 7.07. The molecule has 0 aliphatic carbocycles. The van der Waals surface area contributed by atoms with Crippen LogP contribution in [-0.4, -0.2) is 18.2 Å². The van der Waals surface area contributed by atoms with E-state index < -0.39 is 0 Å². The first-order valence-electron chi connectivity index (χ1n) is 7.47. The molecule has 0 radical (unpaired) electrons. The molecule has 2 rings (SSSR count). The highest BCUT2D eigenvalue weighted by Crippen LogP contribution is 2.14. The summed E-state index contributed by atoms with van der Waals surface area (Å²) in [6.07, 6.45) is 0.970. The van der Waals surface area contributed by atoms with E-state index in [0.717, 1.165) is 11.3 Å². The maximum atomic E-state index is 13.4. The molecule has 2 aromatic rings. The van der Waals surface area contributed by atoms with Crippen LogP contribution in [0.1, 0.15) is 17.5 Å². The lowest BCUT2D eigenvalue weighted by Gasteiger charge is -2.06. The number of hydrogen-bond acceptors (Lipinski definition) is 2. The average Bonchev–Trinajstić information content (AvgIpc) is 2.55. The number of halogens is 2. The van der Waals surface area contributed by atoms with Gasteiger partial charge in [-0.2, -0.15) is 11.8 Å². The Morgan fingerprint density at radius 1 is 1.04 bits per heavy atom. The minimum absolute atomic E-state index is 0.0270. The summed E-state index contributed by atoms with van der Waals surface area (Å²) in [5, 5.41) is 2.84. The van der Waals surface area contributed by atoms with Crippen LogP contribution in [0, 0.1) is 11.6 Å². The molecular formula is C18H19F2NOS. The summed E-state index contributed by atoms with van der Waals surface area (Å²) >= 11 is 1.58. The van der Waals surface area contributed by atoms with Gasteiger partial charge in [0.25, 0.3) is 0 Å². The second-order valence-corrected chi connectivity index (χ2v) is 6.23. The zero-order valence-electron chi connectivity index (χ0n) is 12.7. The van der Waals surface area contributed by atoms with Crippen LogP contribution in [0.5, 0.6) is 0 Å². The molecule has 122 valence electrons. The topological polar surface area (TPSA) is 29.1 Å². The van der Waals surface area contributed by atoms with Gasteiger partial charge in [0, 0.05) is 24.5 Å². The van der Waals surface area contributed by atoms with Crippen LogP contribution in [0.4, 0.5) is 8.78 Å². The molecule has 1 N–H and O–H groups in total. The number of amides is 1. The fourth-order valence-electron chi connectivity index (χ4n) is 2.06. The second kappa shape index (κ2) is 9.30. The van der Waals surface area contributed by atoms with Crippen molar-refractivity contribution < 1.29 is 13.6 Å². The van der Waals surface area contributed by atoms with E-state index in [1.807, 2.05) is 6.07 Å². The quantitative estimate of drug-likeness (QED) is 0.740. The molecule has 0 saturated carbocycles. The minimum Gasteiger partial charge on any atom is -0.355 e. The highest BCUT2D eigenvalue weighted by Gasteiger charge is 2.03. The lowest BCUT2D eigenvalue weighted by atomic mass is 10.1. The van der Waals surface area contributed by atoms with Crippen molar-refractivity contribution in [2.45, 2.75) is 18.6 Å². The van der Waals surface area contributed by atoms with Crippen LogP contribution in [-0.2, 0) is 17.0 Å². The van der Waals surface area contributed by atoms with Crippen molar-refractivity contribution in [3.63, 3.8) is 0 Å². The SMILES string of the molecule is O=C(CCc1ccc(F)cc1)NCCSCc1ccccc1F. The van der Waals surface area contributed by atoms with Gasteiger partial charge in [0.2, 0.25) is 5.91 Å². The van der Waals surface area contributed by atoms with E-state index in [4.69, 9.17) is 0 Å². The summed E-state index contributed by atoms with van der Waals surface area (Å²) in [4.78, 5) is 11.7. The normalized spacial score (nSPS) is 10.5. The summed E-state index contributed by atoms with van der Waals surface area (Å²) in [6, 6.07) is 12.9. The molecular weight excluding hydrogens is 316 g/mol. The number of nitrogens with one attached hydrogen (secondary N) is 1. The Labute approximate surface area is 139 Å². The van der Waals surface area contributed by atoms with Crippen molar-refractivity contribution in [3.8, 4) is 0 Å². The maximum absolute atomic E-state index is 13.4. The summed E-state index contributed by atoms with van der Waals surface area (Å²) in [7, 11) is 0. The lowest BCUT2D eigenvalue weighted by molar-refractivity contribution is -0.120. The Balaban J connectivity index is 1.58. The highest BCUT2D eigenvalue weighted by atomic mass is 32.2. The predicted octanol–water partition coefficient (Wildman–Crippen LogP) is 3.95. The van der Waals surface area contributed by atoms with Crippen LogP contribution >= 0.6 is 11.8 Å². The zero-order valence-corrected chi connectivity index (χ0v) is 13.5. The van der Waals surface area contributed by atoms with Crippen LogP contribution in [0.15, 0.2) is 48.5 Å². The van der Waals surface area contributed by atoms with Crippen molar-refractivity contribution in [2.75, 3.05) is 12.3 Å². The number of hydrogen-bond donors (Lipinski definition) is 1. The van der Waals surface area contributed by atoms with Gasteiger partial charge in [-0.05, 0) is 35.7 Å². The number of thioether (sulfide) groups is 1. The van der Waals surface area contributed by atoms with Crippen molar-refractivity contribution in [3.05, 3.63) is 71.3 Å². The molecule has 0 aliphatic heterocycles. The van der Waals surface area contributed by atoms with Crippen LogP contribution in [0.25, 0.3) is 0 Å². The standard InChI is InChI=1S/C18H19F2NOS/c19-16-8-5-14(6-9-16)7-10-18(22)21-11-12-23-13-15-3-1-2-4-17(15)20/h1-6,8-9H,7,10-13H2,(H,21,22). The number of benzene rings is 2. The minimum atomic E-state index is -0.273. The van der Waals surface area contributed by atoms with E-state index in [-0.39, 0.29) is 17.5 Å². The summed E-state index contributed by atoms with van der Waals surface area (Å²) in [5.41, 5.74) is 1.62. The third kappa shape index (κ3) is 6.40. The van der Waals surface area contributed by atoms with Crippen molar-refractivity contribution in [1.82, 2.24) is 5.32 Å². The van der Waals surface area contributed by atoms with Gasteiger partial charge < -0.3 is 5.32 Å². The molecule has 2 aromatic carbocycles. The Hall–Kier alpha value is -1.88. The van der Waals surface area contributed by atoms with Crippen molar-refractivity contribution in [2.24, 2.45) is 0 Å². The van der Waals surface area contributed by atoms with E-state index >= 15 is 0 Å². The van der Waals surface area contributed by atoms with E-state index in [9.17, 15) is 13.6 Å². The molecule has 0 atom stereocenters. The van der Waals surface area contributed by atoms with E-state index in [2.05, 4.69) is 5.32 Å². The highest BCUT2D eigenvalue weighted by molar-refractivity contribution is 7.98. The van der Waals surface area contributed by atoms with Gasteiger partial charge in [0.1, 0.15) is 11.6 Å². The van der Waals surface area contributed by atoms with Gasteiger partial charge in [-0.1, -0.05) is 30.3 Å². The molecule has 0 aromatic heterocycles. The number of rotatable bonds is 8. The van der Waals surface area contributed by atoms with Crippen LogP contribution < -0.4 is 5.32 Å². The molecule has 0 spiro atoms. The fraction of sp³-hybridized carbons (Fsp3) is 0.278. The summed E-state index contributed by atoms with van der Waals surface area (Å²) in [5.74, 6) is 0.837. The van der Waals surface area contributed by atoms with Gasteiger partial charge in [0.05, 0.1) is 0 Å². The van der Waals surface area contributed by atoms with Crippen LogP contribution in [0.2, 0.25) is 0 Å². The van der Waals surface area contributed by atoms with E-state index in [1.165, 1.54) is 18.2 Å². The van der Waals surface area contributed by atoms with E-state index in [1.54, 1.807) is 36.0 Å². The van der Waals surface area contributed by atoms with Gasteiger partial charge >= 0.3 is 0 Å². The first kappa shape index (κ1) is 17.5. The molecule has 0 unspecified atom stereocenters. The summed E-state index contributed by atoms with van der Waals surface area (Å²) in [6.45, 7) is 0.557. The number of carbonyl (C=O) groups excluding carboxylic acids is 1. The van der Waals surface area contributed by atoms with Crippen molar-refractivity contribution >= 4 is 17.7 Å². The predicted molar refractivity (Wildman–Crippen MR) is 90.3 cm³/mol. The summed E-state index contributed by atoms with van der Waals surface area (Å²) < 4.78 is 26.2. The molecule has 0 fully saturated rings. The first-order valence-corrected chi connectivity index (χ1v) is 8.63. The van der Waals surface area contributed by atoms with Gasteiger partial charge in [-0.3, -0.25) is 4.79 Å². The molecule has 1 amide bonds. The molecule has 5 heteroatoms. The maximum Gasteiger partial charge on any atom is 0.220 e. The first-order chi connectivity index (χ1) is 11.1. The largest absolute Gasteiger partial charge is 0.355 e. The third-order valence-electron chi connectivity index (χ3n) is 3.34. The Morgan fingerprint density at radius 2 is 1.78 bits per heavy atom. The zero-order chi connectivity index (χ0) is 16.5. The van der Waals surface area contributed by atoms with Gasteiger partial charge in [-0.25, -0.2) is 8.78 Å². The molecule has 0 aliphatic rings. The molecule has 0 saturated heterocycles. The van der Waals surface area contributed by atoms with E-state index in [0.29, 0.717) is 30.7 Å². The third-order valence-corrected chi connectivity index (χ3v) is 4.35. The van der Waals surface area contributed by atoms with Crippen molar-refractivity contribution in [1.29, 1.82) is 0 Å². The lowest BCUT2D eigenvalue weighted by Crippen LogP contribution is -2.25. The molecule has 23 heavy (non-hydrogen) atoms. The monoisotopic (exact) mass is 335 g/mol. The molecule has 2 nitrogen and oxygen atoms in total. The second-order valence-electron chi connectivity index (χ2n) is 5.12. The average molecular weight is 335 g/mol.